The number of nitrogens with one attached hydrogen (secondary N) is 1. The molecule has 20 heavy (non-hydrogen) atoms. The molecular weight excluding hydrogens is 270 g/mol. The number of nitrogens with zero attached hydrogens (tertiary/aromatic N) is 1. The number of nitriles is 1. The van der Waals surface area contributed by atoms with Crippen LogP contribution in [0.1, 0.15) is 12.0 Å². The number of alkyl halides is 2. The van der Waals surface area contributed by atoms with Crippen LogP contribution in [0.2, 0.25) is 0 Å². The van der Waals surface area contributed by atoms with Crippen molar-refractivity contribution in [2.24, 2.45) is 0 Å². The standard InChI is InChI=1S/C13H12F2N2O3/c1-19-11-4-8(6-16)2-3-10(11)17-7-9-5-13(14,15)12(18)20-9/h2-4,9,17H,5,7H2,1H3. The Morgan fingerprint density at radius 1 is 1.60 bits per heavy atom. The summed E-state index contributed by atoms with van der Waals surface area (Å²) in [5.74, 6) is -4.49. The number of benzene rings is 1. The van der Waals surface area contributed by atoms with E-state index in [4.69, 9.17) is 10.00 Å². The zero-order valence-electron chi connectivity index (χ0n) is 10.7. The number of ether oxygens (including phenoxy) is 2. The van der Waals surface area contributed by atoms with Gasteiger partial charge < -0.3 is 14.8 Å². The Kier molecular flexibility index (Phi) is 3.74. The second-order valence-electron chi connectivity index (χ2n) is 4.34. The van der Waals surface area contributed by atoms with E-state index in [-0.39, 0.29) is 6.54 Å². The van der Waals surface area contributed by atoms with Crippen LogP contribution >= 0.6 is 0 Å². The molecule has 1 fully saturated rings. The lowest BCUT2D eigenvalue weighted by Gasteiger charge is -2.14. The van der Waals surface area contributed by atoms with Crippen LogP contribution < -0.4 is 10.1 Å². The van der Waals surface area contributed by atoms with Gasteiger partial charge in [0.25, 0.3) is 0 Å². The number of carbonyl (C=O) groups excluding carboxylic acids is 1. The highest BCUT2D eigenvalue weighted by molar-refractivity contribution is 5.79. The number of anilines is 1. The van der Waals surface area contributed by atoms with Crippen molar-refractivity contribution in [2.45, 2.75) is 18.4 Å². The summed E-state index contributed by atoms with van der Waals surface area (Å²) in [6.07, 6.45) is -1.53. The highest BCUT2D eigenvalue weighted by Gasteiger charge is 2.50. The van der Waals surface area contributed by atoms with E-state index in [1.54, 1.807) is 12.1 Å². The zero-order chi connectivity index (χ0) is 14.8. The summed E-state index contributed by atoms with van der Waals surface area (Å²) in [6, 6.07) is 6.66. The summed E-state index contributed by atoms with van der Waals surface area (Å²) < 4.78 is 35.7. The van der Waals surface area contributed by atoms with Crippen molar-refractivity contribution in [1.82, 2.24) is 0 Å². The third-order valence-electron chi connectivity index (χ3n) is 2.91. The molecule has 7 heteroatoms. The number of hydrogen-bond acceptors (Lipinski definition) is 5. The lowest BCUT2D eigenvalue weighted by atomic mass is 10.1. The molecule has 0 saturated carbocycles. The van der Waals surface area contributed by atoms with Gasteiger partial charge in [-0.05, 0) is 12.1 Å². The summed E-state index contributed by atoms with van der Waals surface area (Å²) in [5.41, 5.74) is 0.962. The lowest BCUT2D eigenvalue weighted by Crippen LogP contribution is -2.22. The average Bonchev–Trinajstić information content (AvgIpc) is 2.69. The van der Waals surface area contributed by atoms with Crippen molar-refractivity contribution in [3.05, 3.63) is 23.8 Å². The number of rotatable bonds is 4. The molecule has 1 saturated heterocycles. The predicted octanol–water partition coefficient (Wildman–Crippen LogP) is 1.93. The van der Waals surface area contributed by atoms with Crippen molar-refractivity contribution >= 4 is 11.7 Å². The van der Waals surface area contributed by atoms with E-state index in [0.29, 0.717) is 17.0 Å². The van der Waals surface area contributed by atoms with Gasteiger partial charge in [-0.3, -0.25) is 0 Å². The van der Waals surface area contributed by atoms with Crippen molar-refractivity contribution in [2.75, 3.05) is 19.0 Å². The molecule has 1 aliphatic heterocycles. The van der Waals surface area contributed by atoms with E-state index in [0.717, 1.165) is 0 Å². The van der Waals surface area contributed by atoms with Gasteiger partial charge >= 0.3 is 11.9 Å². The fourth-order valence-corrected chi connectivity index (χ4v) is 1.89. The van der Waals surface area contributed by atoms with E-state index >= 15 is 0 Å². The Hall–Kier alpha value is -2.36. The largest absolute Gasteiger partial charge is 0.495 e. The second-order valence-corrected chi connectivity index (χ2v) is 4.34. The van der Waals surface area contributed by atoms with Gasteiger partial charge in [0.15, 0.2) is 0 Å². The number of esters is 1. The van der Waals surface area contributed by atoms with Crippen LogP contribution in [0.25, 0.3) is 0 Å². The fraction of sp³-hybridized carbons (Fsp3) is 0.385. The first-order valence-electron chi connectivity index (χ1n) is 5.87. The van der Waals surface area contributed by atoms with Crippen molar-refractivity contribution < 1.29 is 23.0 Å². The topological polar surface area (TPSA) is 71.3 Å². The molecule has 106 valence electrons. The number of hydrogen-bond donors (Lipinski definition) is 1. The average molecular weight is 282 g/mol. The number of methoxy groups -OCH3 is 1. The maximum absolute atomic E-state index is 13.0. The SMILES string of the molecule is COc1cc(C#N)ccc1NCC1CC(F)(F)C(=O)O1. The van der Waals surface area contributed by atoms with E-state index in [1.165, 1.54) is 13.2 Å². The summed E-state index contributed by atoms with van der Waals surface area (Å²) >= 11 is 0. The van der Waals surface area contributed by atoms with Gasteiger partial charge in [0.05, 0.1) is 37.4 Å². The molecule has 1 atom stereocenters. The first-order valence-corrected chi connectivity index (χ1v) is 5.87. The van der Waals surface area contributed by atoms with Crippen LogP contribution in [0.15, 0.2) is 18.2 Å². The Labute approximate surface area is 114 Å². The van der Waals surface area contributed by atoms with Crippen LogP contribution in [0, 0.1) is 11.3 Å². The zero-order valence-corrected chi connectivity index (χ0v) is 10.7. The van der Waals surface area contributed by atoms with Crippen LogP contribution in [-0.4, -0.2) is 31.7 Å². The lowest BCUT2D eigenvalue weighted by molar-refractivity contribution is -0.158. The van der Waals surface area contributed by atoms with Crippen LogP contribution in [0.3, 0.4) is 0 Å². The third-order valence-corrected chi connectivity index (χ3v) is 2.91. The number of cyclic esters (lactones) is 1. The molecule has 1 aliphatic rings. The molecule has 5 nitrogen and oxygen atoms in total. The first-order chi connectivity index (χ1) is 9.46. The molecule has 0 bridgehead atoms. The van der Waals surface area contributed by atoms with E-state index in [1.807, 2.05) is 6.07 Å². The van der Waals surface area contributed by atoms with Gasteiger partial charge in [-0.25, -0.2) is 4.79 Å². The molecule has 0 spiro atoms. The van der Waals surface area contributed by atoms with Gasteiger partial charge in [-0.15, -0.1) is 0 Å². The Bertz CT molecular complexity index is 569. The quantitative estimate of drug-likeness (QED) is 0.854. The van der Waals surface area contributed by atoms with Crippen LogP contribution in [0.4, 0.5) is 14.5 Å². The molecule has 2 rings (SSSR count). The Balaban J connectivity index is 2.02. The van der Waals surface area contributed by atoms with Crippen molar-refractivity contribution in [3.63, 3.8) is 0 Å². The molecule has 1 aromatic carbocycles. The molecule has 1 aromatic rings. The molecule has 0 radical (unpaired) electrons. The van der Waals surface area contributed by atoms with Gasteiger partial charge in [-0.1, -0.05) is 0 Å². The van der Waals surface area contributed by atoms with E-state index in [9.17, 15) is 13.6 Å². The normalized spacial score (nSPS) is 20.1. The minimum atomic E-state index is -3.42. The summed E-state index contributed by atoms with van der Waals surface area (Å²) in [4.78, 5) is 10.9. The Morgan fingerprint density at radius 2 is 2.35 bits per heavy atom. The highest BCUT2D eigenvalue weighted by Crippen LogP contribution is 2.32. The van der Waals surface area contributed by atoms with E-state index < -0.39 is 24.4 Å². The first kappa shape index (κ1) is 14.1. The molecule has 1 unspecified atom stereocenters. The van der Waals surface area contributed by atoms with Gasteiger partial charge in [0.1, 0.15) is 11.9 Å². The van der Waals surface area contributed by atoms with Crippen LogP contribution in [0.5, 0.6) is 5.75 Å². The van der Waals surface area contributed by atoms with Gasteiger partial charge in [0, 0.05) is 6.07 Å². The van der Waals surface area contributed by atoms with E-state index in [2.05, 4.69) is 10.1 Å². The minimum absolute atomic E-state index is 0.0452. The maximum atomic E-state index is 13.0. The minimum Gasteiger partial charge on any atom is -0.495 e. The smallest absolute Gasteiger partial charge is 0.377 e. The van der Waals surface area contributed by atoms with Crippen LogP contribution in [-0.2, 0) is 9.53 Å². The highest BCUT2D eigenvalue weighted by atomic mass is 19.3. The molecular formula is C13H12F2N2O3. The second kappa shape index (κ2) is 5.33. The molecule has 0 aliphatic carbocycles. The summed E-state index contributed by atoms with van der Waals surface area (Å²) in [7, 11) is 1.44. The molecule has 1 N–H and O–H groups in total. The molecule has 0 aromatic heterocycles. The third kappa shape index (κ3) is 2.79. The van der Waals surface area contributed by atoms with Crippen molar-refractivity contribution in [1.29, 1.82) is 5.26 Å². The summed E-state index contributed by atoms with van der Waals surface area (Å²) in [6.45, 7) is 0.0452. The number of carbonyl (C=O) groups is 1. The predicted molar refractivity (Wildman–Crippen MR) is 65.6 cm³/mol. The number of halogens is 2. The molecule has 0 amide bonds. The van der Waals surface area contributed by atoms with Crippen molar-refractivity contribution in [3.8, 4) is 11.8 Å². The summed E-state index contributed by atoms with van der Waals surface area (Å²) in [5, 5.41) is 11.6. The Morgan fingerprint density at radius 3 is 2.90 bits per heavy atom. The molecule has 1 heterocycles. The fourth-order valence-electron chi connectivity index (χ4n) is 1.89. The van der Waals surface area contributed by atoms with Gasteiger partial charge in [-0.2, -0.15) is 14.0 Å². The maximum Gasteiger partial charge on any atom is 0.377 e. The van der Waals surface area contributed by atoms with Gasteiger partial charge in [0.2, 0.25) is 0 Å². The monoisotopic (exact) mass is 282 g/mol.